The van der Waals surface area contributed by atoms with Gasteiger partial charge in [-0.1, -0.05) is 0 Å². The van der Waals surface area contributed by atoms with E-state index in [-0.39, 0.29) is 66.7 Å². The smallest absolute Gasteiger partial charge is 0.200 e. The highest BCUT2D eigenvalue weighted by Gasteiger charge is 2.27. The third-order valence-corrected chi connectivity index (χ3v) is 6.04. The minimum atomic E-state index is -0.570. The highest BCUT2D eigenvalue weighted by Crippen LogP contribution is 2.35. The van der Waals surface area contributed by atoms with Gasteiger partial charge in [0.1, 0.15) is 34.5 Å². The topological polar surface area (TPSA) is 135 Å². The first-order chi connectivity index (χ1) is 16.6. The normalized spacial score (nSPS) is 11.4. The number of Topliss-reactive ketones (excluding diaryl/α,β-unsaturated/α-hetero) is 2. The van der Waals surface area contributed by atoms with Crippen LogP contribution in [0.3, 0.4) is 0 Å². The van der Waals surface area contributed by atoms with Crippen LogP contribution >= 0.6 is 0 Å². The van der Waals surface area contributed by atoms with E-state index in [2.05, 4.69) is 0 Å². The van der Waals surface area contributed by atoms with Gasteiger partial charge in [-0.05, 0) is 62.7 Å². The SMILES string of the molecule is CC(=O)c1cc2c(=O)c3cc(O)ccc3oc2c(C(C)=O)c1-c1coc2cc(C)c(O)cc2c1=O. The molecule has 0 unspecified atom stereocenters. The zero-order valence-electron chi connectivity index (χ0n) is 18.9. The summed E-state index contributed by atoms with van der Waals surface area (Å²) in [7, 11) is 0. The molecule has 0 fully saturated rings. The van der Waals surface area contributed by atoms with Crippen LogP contribution in [0.5, 0.6) is 11.5 Å². The first-order valence-electron chi connectivity index (χ1n) is 10.6. The van der Waals surface area contributed by atoms with Crippen LogP contribution in [-0.2, 0) is 0 Å². The number of aromatic hydroxyl groups is 2. The van der Waals surface area contributed by atoms with Crippen LogP contribution in [0.2, 0.25) is 0 Å². The number of rotatable bonds is 3. The number of aryl methyl sites for hydroxylation is 1. The Morgan fingerprint density at radius 3 is 2.23 bits per heavy atom. The molecule has 2 N–H and O–H groups in total. The Balaban J connectivity index is 2.00. The molecule has 0 aliphatic carbocycles. The van der Waals surface area contributed by atoms with Crippen LogP contribution in [0.4, 0.5) is 0 Å². The third kappa shape index (κ3) is 3.30. The number of phenolic OH excluding ortho intramolecular Hbond substituents is 2. The quantitative estimate of drug-likeness (QED) is 0.282. The van der Waals surface area contributed by atoms with Gasteiger partial charge in [-0.3, -0.25) is 19.2 Å². The molecule has 0 spiro atoms. The highest BCUT2D eigenvalue weighted by molar-refractivity contribution is 6.17. The molecule has 3 aromatic carbocycles. The van der Waals surface area contributed by atoms with Crippen LogP contribution < -0.4 is 10.9 Å². The predicted octanol–water partition coefficient (Wildman–Crippen LogP) is 4.84. The average molecular weight is 470 g/mol. The molecule has 0 radical (unpaired) electrons. The highest BCUT2D eigenvalue weighted by atomic mass is 16.3. The number of hydrogen-bond donors (Lipinski definition) is 2. The zero-order valence-corrected chi connectivity index (χ0v) is 18.9. The van der Waals surface area contributed by atoms with Crippen molar-refractivity contribution >= 4 is 44.5 Å². The maximum atomic E-state index is 13.5. The van der Waals surface area contributed by atoms with Gasteiger partial charge < -0.3 is 19.0 Å². The molecule has 8 heteroatoms. The third-order valence-electron chi connectivity index (χ3n) is 6.04. The molecule has 0 saturated heterocycles. The van der Waals surface area contributed by atoms with Gasteiger partial charge in [-0.25, -0.2) is 0 Å². The van der Waals surface area contributed by atoms with E-state index in [4.69, 9.17) is 8.83 Å². The molecule has 174 valence electrons. The second-order valence-corrected chi connectivity index (χ2v) is 8.39. The Bertz CT molecular complexity index is 1870. The number of carbonyl (C=O) groups excluding carboxylic acids is 2. The molecule has 2 heterocycles. The van der Waals surface area contributed by atoms with Gasteiger partial charge in [0.25, 0.3) is 0 Å². The molecule has 5 rings (SSSR count). The first-order valence-corrected chi connectivity index (χ1v) is 10.6. The van der Waals surface area contributed by atoms with E-state index in [1.807, 2.05) is 0 Å². The maximum absolute atomic E-state index is 13.5. The Hall–Kier alpha value is -4.72. The molecule has 0 aliphatic rings. The fourth-order valence-corrected chi connectivity index (χ4v) is 4.31. The summed E-state index contributed by atoms with van der Waals surface area (Å²) < 4.78 is 11.6. The van der Waals surface area contributed by atoms with E-state index in [1.165, 1.54) is 50.2 Å². The van der Waals surface area contributed by atoms with Crippen LogP contribution in [0.15, 0.2) is 61.1 Å². The summed E-state index contributed by atoms with van der Waals surface area (Å²) in [6.45, 7) is 4.14. The van der Waals surface area contributed by atoms with Crippen molar-refractivity contribution in [1.29, 1.82) is 0 Å². The van der Waals surface area contributed by atoms with Gasteiger partial charge in [-0.15, -0.1) is 0 Å². The molecular weight excluding hydrogens is 452 g/mol. The largest absolute Gasteiger partial charge is 0.508 e. The molecule has 35 heavy (non-hydrogen) atoms. The fraction of sp³-hybridized carbons (Fsp3) is 0.111. The minimum Gasteiger partial charge on any atom is -0.508 e. The van der Waals surface area contributed by atoms with Gasteiger partial charge >= 0.3 is 0 Å². The van der Waals surface area contributed by atoms with Crippen molar-refractivity contribution in [1.82, 2.24) is 0 Å². The number of fused-ring (bicyclic) bond motifs is 3. The lowest BCUT2D eigenvalue weighted by Crippen LogP contribution is -2.14. The lowest BCUT2D eigenvalue weighted by molar-refractivity contribution is 0.101. The van der Waals surface area contributed by atoms with Crippen molar-refractivity contribution in [3.05, 3.63) is 79.8 Å². The van der Waals surface area contributed by atoms with Crippen molar-refractivity contribution in [3.8, 4) is 22.6 Å². The summed E-state index contributed by atoms with van der Waals surface area (Å²) in [5, 5.41) is 20.0. The van der Waals surface area contributed by atoms with Gasteiger partial charge in [0.05, 0.1) is 27.3 Å². The Morgan fingerprint density at radius 2 is 1.54 bits per heavy atom. The molecule has 0 bridgehead atoms. The van der Waals surface area contributed by atoms with Crippen LogP contribution in [0.25, 0.3) is 44.0 Å². The van der Waals surface area contributed by atoms with Crippen LogP contribution in [-0.4, -0.2) is 21.8 Å². The Kier molecular flexibility index (Phi) is 4.84. The van der Waals surface area contributed by atoms with E-state index in [9.17, 15) is 29.4 Å². The molecule has 0 aliphatic heterocycles. The number of hydrogen-bond acceptors (Lipinski definition) is 8. The lowest BCUT2D eigenvalue weighted by atomic mass is 9.88. The molecular formula is C27H18O8. The fourth-order valence-electron chi connectivity index (χ4n) is 4.31. The second kappa shape index (κ2) is 7.66. The summed E-state index contributed by atoms with van der Waals surface area (Å²) in [5.74, 6) is -1.29. The lowest BCUT2D eigenvalue weighted by Gasteiger charge is -2.15. The van der Waals surface area contributed by atoms with Crippen molar-refractivity contribution in [2.45, 2.75) is 20.8 Å². The number of phenols is 2. The van der Waals surface area contributed by atoms with Gasteiger partial charge in [0.15, 0.2) is 11.6 Å². The van der Waals surface area contributed by atoms with Gasteiger partial charge in [0.2, 0.25) is 10.9 Å². The van der Waals surface area contributed by atoms with Crippen molar-refractivity contribution in [3.63, 3.8) is 0 Å². The first kappa shape index (κ1) is 22.1. The summed E-state index contributed by atoms with van der Waals surface area (Å²) in [6.07, 6.45) is 1.15. The van der Waals surface area contributed by atoms with Crippen LogP contribution in [0.1, 0.15) is 40.1 Å². The Labute approximate surface area is 196 Å². The van der Waals surface area contributed by atoms with E-state index in [1.54, 1.807) is 6.92 Å². The van der Waals surface area contributed by atoms with Crippen molar-refractivity contribution < 1.29 is 28.6 Å². The maximum Gasteiger partial charge on any atom is 0.200 e. The summed E-state index contributed by atoms with van der Waals surface area (Å²) in [5.41, 5.74) is -0.629. The van der Waals surface area contributed by atoms with Crippen molar-refractivity contribution in [2.24, 2.45) is 0 Å². The van der Waals surface area contributed by atoms with Crippen molar-refractivity contribution in [2.75, 3.05) is 0 Å². The van der Waals surface area contributed by atoms with E-state index < -0.39 is 22.4 Å². The summed E-state index contributed by atoms with van der Waals surface area (Å²) in [6, 6.07) is 8.02. The monoisotopic (exact) mass is 470 g/mol. The predicted molar refractivity (Wildman–Crippen MR) is 130 cm³/mol. The zero-order chi connectivity index (χ0) is 25.2. The number of carbonyl (C=O) groups is 2. The van der Waals surface area contributed by atoms with Gasteiger partial charge in [-0.2, -0.15) is 0 Å². The molecule has 8 nitrogen and oxygen atoms in total. The second-order valence-electron chi connectivity index (χ2n) is 8.39. The average Bonchev–Trinajstić information content (AvgIpc) is 2.80. The number of ketones is 2. The molecule has 5 aromatic rings. The van der Waals surface area contributed by atoms with Crippen LogP contribution in [0, 0.1) is 6.92 Å². The Morgan fingerprint density at radius 1 is 0.829 bits per heavy atom. The standard InChI is InChI=1S/C27H18O8/c1-11-6-22-17(9-20(11)31)26(33)19(10-34-22)24-15(12(2)28)8-18-25(32)16-7-14(30)4-5-21(16)35-27(18)23(24)13(3)29/h4-10,30-31H,1-3H3. The van der Waals surface area contributed by atoms with Gasteiger partial charge in [0, 0.05) is 11.1 Å². The molecule has 0 saturated carbocycles. The van der Waals surface area contributed by atoms with E-state index in [0.29, 0.717) is 5.56 Å². The molecule has 2 aromatic heterocycles. The summed E-state index contributed by atoms with van der Waals surface area (Å²) >= 11 is 0. The van der Waals surface area contributed by atoms with E-state index in [0.717, 1.165) is 6.26 Å². The van der Waals surface area contributed by atoms with E-state index >= 15 is 0 Å². The summed E-state index contributed by atoms with van der Waals surface area (Å²) in [4.78, 5) is 52.3. The molecule has 0 atom stereocenters. The minimum absolute atomic E-state index is 0.0190. The molecule has 0 amide bonds. The number of benzene rings is 3.